The fourth-order valence-electron chi connectivity index (χ4n) is 2.84. The molecule has 0 aromatic heterocycles. The minimum atomic E-state index is -0.838. The fourth-order valence-corrected chi connectivity index (χ4v) is 4.42. The number of primary amides is 1. The lowest BCUT2D eigenvalue weighted by molar-refractivity contribution is -0.117. The number of benzene rings is 2. The first-order valence-corrected chi connectivity index (χ1v) is 9.84. The lowest BCUT2D eigenvalue weighted by Gasteiger charge is -2.18. The Bertz CT molecular complexity index is 979. The van der Waals surface area contributed by atoms with Gasteiger partial charge in [-0.05, 0) is 48.7 Å². The summed E-state index contributed by atoms with van der Waals surface area (Å²) in [6.45, 7) is 1.92. The van der Waals surface area contributed by atoms with Crippen LogP contribution in [0.1, 0.15) is 11.1 Å². The van der Waals surface area contributed by atoms with Crippen molar-refractivity contribution in [2.45, 2.75) is 18.6 Å². The Hall–Kier alpha value is -2.56. The minimum Gasteiger partial charge on any atom is -0.365 e. The number of carbonyl (C=O) groups is 2. The van der Waals surface area contributed by atoms with Crippen molar-refractivity contribution in [3.63, 3.8) is 0 Å². The first-order chi connectivity index (χ1) is 12.9. The number of nitriles is 1. The normalized spacial score (nSPS) is 18.3. The van der Waals surface area contributed by atoms with Gasteiger partial charge in [-0.3, -0.25) is 14.5 Å². The first kappa shape index (κ1) is 19.2. The summed E-state index contributed by atoms with van der Waals surface area (Å²) in [5.41, 5.74) is 7.76. The van der Waals surface area contributed by atoms with Crippen LogP contribution in [0.2, 0.25) is 0 Å². The van der Waals surface area contributed by atoms with Gasteiger partial charge in [0.2, 0.25) is 5.91 Å². The highest BCUT2D eigenvalue weighted by molar-refractivity contribution is 9.10. The lowest BCUT2D eigenvalue weighted by Crippen LogP contribution is -2.31. The van der Waals surface area contributed by atoms with Crippen molar-refractivity contribution in [2.75, 3.05) is 4.90 Å². The number of nitrogens with two attached hydrogens (primary N) is 1. The number of rotatable bonds is 4. The Kier molecular flexibility index (Phi) is 5.68. The van der Waals surface area contributed by atoms with Gasteiger partial charge in [-0.2, -0.15) is 5.26 Å². The zero-order valence-corrected chi connectivity index (χ0v) is 16.9. The maximum atomic E-state index is 13.1. The van der Waals surface area contributed by atoms with Crippen LogP contribution in [0.5, 0.6) is 0 Å². The van der Waals surface area contributed by atoms with Gasteiger partial charge in [-0.25, -0.2) is 0 Å². The molecule has 2 aromatic carbocycles. The molecule has 0 aliphatic carbocycles. The third-order valence-corrected chi connectivity index (χ3v) is 5.91. The molecule has 7 heteroatoms. The van der Waals surface area contributed by atoms with E-state index in [-0.39, 0.29) is 11.5 Å². The molecule has 1 heterocycles. The molecule has 1 atom stereocenters. The number of anilines is 1. The zero-order chi connectivity index (χ0) is 19.6. The van der Waals surface area contributed by atoms with Crippen molar-refractivity contribution < 1.29 is 9.59 Å². The predicted molar refractivity (Wildman–Crippen MR) is 110 cm³/mol. The van der Waals surface area contributed by atoms with Gasteiger partial charge >= 0.3 is 0 Å². The molecule has 0 bridgehead atoms. The van der Waals surface area contributed by atoms with Gasteiger partial charge in [0.05, 0.1) is 5.25 Å². The molecule has 2 N–H and O–H groups in total. The van der Waals surface area contributed by atoms with Crippen LogP contribution >= 0.6 is 27.7 Å². The van der Waals surface area contributed by atoms with E-state index in [2.05, 4.69) is 15.9 Å². The second kappa shape index (κ2) is 7.99. The molecule has 1 aliphatic heterocycles. The van der Waals surface area contributed by atoms with Crippen LogP contribution in [-0.2, 0) is 16.0 Å². The smallest absolute Gasteiger partial charge is 0.262 e. The van der Waals surface area contributed by atoms with Gasteiger partial charge in [0.15, 0.2) is 0 Å². The van der Waals surface area contributed by atoms with Crippen molar-refractivity contribution in [1.82, 2.24) is 0 Å². The molecule has 1 unspecified atom stereocenters. The molecule has 0 spiro atoms. The summed E-state index contributed by atoms with van der Waals surface area (Å²) in [4.78, 5) is 26.3. The van der Waals surface area contributed by atoms with Gasteiger partial charge in [0.25, 0.3) is 5.91 Å². The lowest BCUT2D eigenvalue weighted by atomic mass is 10.1. The van der Waals surface area contributed by atoms with Gasteiger partial charge in [0.1, 0.15) is 16.7 Å². The van der Waals surface area contributed by atoms with E-state index in [1.807, 2.05) is 55.5 Å². The number of nitrogens with zero attached hydrogens (tertiary/aromatic N) is 2. The largest absolute Gasteiger partial charge is 0.365 e. The van der Waals surface area contributed by atoms with Crippen LogP contribution in [0.4, 0.5) is 5.69 Å². The molecular weight excluding hydrogens is 426 g/mol. The van der Waals surface area contributed by atoms with Crippen molar-refractivity contribution in [2.24, 2.45) is 5.73 Å². The molecule has 1 fully saturated rings. The van der Waals surface area contributed by atoms with Crippen molar-refractivity contribution in [3.8, 4) is 6.07 Å². The quantitative estimate of drug-likeness (QED) is 0.578. The topological polar surface area (TPSA) is 87.2 Å². The van der Waals surface area contributed by atoms with Crippen LogP contribution in [0.3, 0.4) is 0 Å². The predicted octanol–water partition coefficient (Wildman–Crippen LogP) is 3.67. The Labute approximate surface area is 170 Å². The second-order valence-electron chi connectivity index (χ2n) is 6.11. The van der Waals surface area contributed by atoms with Crippen molar-refractivity contribution >= 4 is 45.2 Å². The monoisotopic (exact) mass is 441 g/mol. The molecule has 5 nitrogen and oxygen atoms in total. The van der Waals surface area contributed by atoms with Crippen molar-refractivity contribution in [1.29, 1.82) is 5.26 Å². The summed E-state index contributed by atoms with van der Waals surface area (Å²) in [5.74, 6) is -1.01. The van der Waals surface area contributed by atoms with Gasteiger partial charge < -0.3 is 5.73 Å². The molecular formula is C20H16BrN3O2S. The standard InChI is InChI=1S/C20H16BrN3O2S/c1-12-3-2-4-15(9-12)24-19(26)17(10-13-5-7-14(21)8-6-13)27-20(24)16(11-22)18(23)25/h2-9,17H,10H2,1H3,(H2,23,25)/b20-16+. The highest BCUT2D eigenvalue weighted by Gasteiger charge is 2.40. The molecule has 0 radical (unpaired) electrons. The number of halogens is 1. The van der Waals surface area contributed by atoms with Crippen LogP contribution in [0, 0.1) is 18.3 Å². The number of thioether (sulfide) groups is 1. The Morgan fingerprint density at radius 1 is 1.30 bits per heavy atom. The number of hydrogen-bond donors (Lipinski definition) is 1. The summed E-state index contributed by atoms with van der Waals surface area (Å²) in [6, 6.07) is 16.9. The van der Waals surface area contributed by atoms with E-state index >= 15 is 0 Å². The Morgan fingerprint density at radius 3 is 2.59 bits per heavy atom. The molecule has 0 saturated carbocycles. The van der Waals surface area contributed by atoms with E-state index in [0.717, 1.165) is 15.6 Å². The fraction of sp³-hybridized carbons (Fsp3) is 0.150. The minimum absolute atomic E-state index is 0.169. The third-order valence-electron chi connectivity index (χ3n) is 4.12. The Morgan fingerprint density at radius 2 is 2.00 bits per heavy atom. The molecule has 2 amide bonds. The third kappa shape index (κ3) is 4.07. The zero-order valence-electron chi connectivity index (χ0n) is 14.5. The Balaban J connectivity index is 2.03. The second-order valence-corrected chi connectivity index (χ2v) is 8.21. The summed E-state index contributed by atoms with van der Waals surface area (Å²) >= 11 is 4.60. The number of hydrogen-bond acceptors (Lipinski definition) is 4. The maximum absolute atomic E-state index is 13.1. The summed E-state index contributed by atoms with van der Waals surface area (Å²) in [6.07, 6.45) is 0.486. The summed E-state index contributed by atoms with van der Waals surface area (Å²) < 4.78 is 0.958. The molecule has 2 aromatic rings. The highest BCUT2D eigenvalue weighted by atomic mass is 79.9. The summed E-state index contributed by atoms with van der Waals surface area (Å²) in [7, 11) is 0. The van der Waals surface area contributed by atoms with E-state index in [1.165, 1.54) is 16.7 Å². The molecule has 27 heavy (non-hydrogen) atoms. The van der Waals surface area contributed by atoms with Crippen molar-refractivity contribution in [3.05, 3.63) is 74.7 Å². The first-order valence-electron chi connectivity index (χ1n) is 8.16. The number of amides is 2. The number of aryl methyl sites for hydroxylation is 1. The van der Waals surface area contributed by atoms with Crippen LogP contribution in [-0.4, -0.2) is 17.1 Å². The van der Waals surface area contributed by atoms with Gasteiger partial charge in [0, 0.05) is 10.2 Å². The summed E-state index contributed by atoms with van der Waals surface area (Å²) in [5, 5.41) is 9.26. The van der Waals surface area contributed by atoms with E-state index in [0.29, 0.717) is 17.1 Å². The van der Waals surface area contributed by atoms with Crippen LogP contribution in [0.25, 0.3) is 0 Å². The van der Waals surface area contributed by atoms with E-state index in [9.17, 15) is 14.9 Å². The van der Waals surface area contributed by atoms with Gasteiger partial charge in [-0.15, -0.1) is 0 Å². The number of carbonyl (C=O) groups excluding carboxylic acids is 2. The van der Waals surface area contributed by atoms with E-state index in [4.69, 9.17) is 5.73 Å². The molecule has 136 valence electrons. The maximum Gasteiger partial charge on any atom is 0.262 e. The van der Waals surface area contributed by atoms with E-state index in [1.54, 1.807) is 6.07 Å². The average molecular weight is 442 g/mol. The van der Waals surface area contributed by atoms with Crippen LogP contribution < -0.4 is 10.6 Å². The highest BCUT2D eigenvalue weighted by Crippen LogP contribution is 2.42. The van der Waals surface area contributed by atoms with E-state index < -0.39 is 11.2 Å². The molecule has 1 saturated heterocycles. The molecule has 1 aliphatic rings. The average Bonchev–Trinajstić information content (AvgIpc) is 2.93. The van der Waals surface area contributed by atoms with Crippen LogP contribution in [0.15, 0.2) is 63.6 Å². The van der Waals surface area contributed by atoms with Gasteiger partial charge in [-0.1, -0.05) is 52.0 Å². The molecule has 3 rings (SSSR count). The SMILES string of the molecule is Cc1cccc(N2C(=O)C(Cc3ccc(Br)cc3)S/C2=C(\C#N)C(N)=O)c1.